The largest absolute Gasteiger partial charge is 0.370 e. The number of amides is 3. The Hall–Kier alpha value is -2.15. The maximum atomic E-state index is 13.1. The highest BCUT2D eigenvalue weighted by Crippen LogP contribution is 2.72. The lowest BCUT2D eigenvalue weighted by molar-refractivity contribution is -0.132. The van der Waals surface area contributed by atoms with Crippen LogP contribution in [0.5, 0.6) is 0 Å². The second-order valence-corrected chi connectivity index (χ2v) is 8.99. The second-order valence-electron chi connectivity index (χ2n) is 8.08. The molecule has 3 aliphatic carbocycles. The van der Waals surface area contributed by atoms with Crippen LogP contribution in [0.2, 0.25) is 0 Å². The maximum absolute atomic E-state index is 13.1. The maximum Gasteiger partial charge on any atom is 0.228 e. The van der Waals surface area contributed by atoms with E-state index in [0.717, 1.165) is 23.0 Å². The molecular formula is C21H24BrN3O3. The molecule has 6 nitrogen and oxygen atoms in total. The molecule has 1 spiro atoms. The molecule has 2 bridgehead atoms. The molecule has 2 fully saturated rings. The van der Waals surface area contributed by atoms with E-state index in [2.05, 4.69) is 38.7 Å². The summed E-state index contributed by atoms with van der Waals surface area (Å²) in [5.41, 5.74) is 5.97. The number of rotatable bonds is 7. The number of hydrogen-bond acceptors (Lipinski definition) is 3. The Kier molecular flexibility index (Phi) is 5.04. The lowest BCUT2D eigenvalue weighted by atomic mass is 9.81. The van der Waals surface area contributed by atoms with Crippen LogP contribution in [0.1, 0.15) is 25.7 Å². The fourth-order valence-electron chi connectivity index (χ4n) is 5.06. The first kappa shape index (κ1) is 19.2. The quantitative estimate of drug-likeness (QED) is 0.443. The predicted molar refractivity (Wildman–Crippen MR) is 109 cm³/mol. The minimum absolute atomic E-state index is 0.0939. The molecule has 0 heterocycles. The molecule has 28 heavy (non-hydrogen) atoms. The van der Waals surface area contributed by atoms with Gasteiger partial charge in [0.1, 0.15) is 0 Å². The first-order valence-corrected chi connectivity index (χ1v) is 10.5. The van der Waals surface area contributed by atoms with Crippen LogP contribution >= 0.6 is 15.9 Å². The van der Waals surface area contributed by atoms with Gasteiger partial charge in [-0.15, -0.1) is 0 Å². The van der Waals surface area contributed by atoms with Crippen LogP contribution < -0.4 is 16.4 Å². The zero-order valence-electron chi connectivity index (χ0n) is 15.5. The summed E-state index contributed by atoms with van der Waals surface area (Å²) in [7, 11) is 0. The van der Waals surface area contributed by atoms with Gasteiger partial charge in [-0.1, -0.05) is 28.1 Å². The van der Waals surface area contributed by atoms with Crippen molar-refractivity contribution >= 4 is 39.3 Å². The summed E-state index contributed by atoms with van der Waals surface area (Å²) in [5.74, 6) is -1.05. The molecule has 148 valence electrons. The Morgan fingerprint density at radius 3 is 2.21 bits per heavy atom. The smallest absolute Gasteiger partial charge is 0.228 e. The molecular weight excluding hydrogens is 422 g/mol. The van der Waals surface area contributed by atoms with E-state index in [9.17, 15) is 14.4 Å². The summed E-state index contributed by atoms with van der Waals surface area (Å²) in [6.07, 6.45) is 7.17. The lowest BCUT2D eigenvalue weighted by Gasteiger charge is -2.26. The van der Waals surface area contributed by atoms with Crippen molar-refractivity contribution in [3.8, 4) is 0 Å². The molecule has 0 radical (unpaired) electrons. The fourth-order valence-corrected chi connectivity index (χ4v) is 5.32. The van der Waals surface area contributed by atoms with E-state index in [1.807, 2.05) is 24.3 Å². The van der Waals surface area contributed by atoms with Gasteiger partial charge in [-0.05, 0) is 60.8 Å². The van der Waals surface area contributed by atoms with Crippen LogP contribution in [0.4, 0.5) is 5.69 Å². The highest BCUT2D eigenvalue weighted by atomic mass is 79.9. The van der Waals surface area contributed by atoms with Gasteiger partial charge in [-0.2, -0.15) is 0 Å². The molecule has 0 saturated heterocycles. The Labute approximate surface area is 172 Å². The van der Waals surface area contributed by atoms with E-state index in [1.54, 1.807) is 0 Å². The van der Waals surface area contributed by atoms with Crippen molar-refractivity contribution in [2.45, 2.75) is 25.7 Å². The van der Waals surface area contributed by atoms with E-state index >= 15 is 0 Å². The van der Waals surface area contributed by atoms with Gasteiger partial charge in [0, 0.05) is 23.1 Å². The average Bonchev–Trinajstić information content (AvgIpc) is 3.33. The molecule has 4 rings (SSSR count). The van der Waals surface area contributed by atoms with Crippen molar-refractivity contribution in [3.63, 3.8) is 0 Å². The number of halogens is 1. The molecule has 4 N–H and O–H groups in total. The summed E-state index contributed by atoms with van der Waals surface area (Å²) in [4.78, 5) is 37.0. The van der Waals surface area contributed by atoms with Crippen molar-refractivity contribution in [2.75, 3.05) is 11.9 Å². The second kappa shape index (κ2) is 7.35. The summed E-state index contributed by atoms with van der Waals surface area (Å²) >= 11 is 3.39. The fraction of sp³-hybridized carbons (Fsp3) is 0.476. The van der Waals surface area contributed by atoms with Gasteiger partial charge in [0.25, 0.3) is 0 Å². The van der Waals surface area contributed by atoms with Crippen LogP contribution in [-0.2, 0) is 14.4 Å². The molecule has 0 aromatic heterocycles. The third-order valence-electron chi connectivity index (χ3n) is 6.46. The third kappa shape index (κ3) is 3.36. The number of nitrogens with two attached hydrogens (primary N) is 1. The van der Waals surface area contributed by atoms with Crippen LogP contribution in [-0.4, -0.2) is 24.3 Å². The minimum Gasteiger partial charge on any atom is -0.370 e. The zero-order chi connectivity index (χ0) is 19.9. The monoisotopic (exact) mass is 445 g/mol. The average molecular weight is 446 g/mol. The standard InChI is InChI=1S/C21H24BrN3O3/c22-12-3-5-13(6-4-12)25-20(28)18-15-8-7-14(21(15)9-10-21)17(18)19(27)24-11-1-2-16(23)26/h3-8,14-15,17-18H,1-2,9-11H2,(H2,23,26)(H,24,27)(H,25,28)/t14?,15?,17-,18-/m1/s1. The third-order valence-corrected chi connectivity index (χ3v) is 6.99. The van der Waals surface area contributed by atoms with Crippen molar-refractivity contribution in [2.24, 2.45) is 34.8 Å². The van der Waals surface area contributed by atoms with Gasteiger partial charge in [0.2, 0.25) is 17.7 Å². The van der Waals surface area contributed by atoms with Crippen molar-refractivity contribution < 1.29 is 14.4 Å². The number of allylic oxidation sites excluding steroid dienone is 2. The van der Waals surface area contributed by atoms with Gasteiger partial charge < -0.3 is 16.4 Å². The van der Waals surface area contributed by atoms with Gasteiger partial charge in [-0.3, -0.25) is 14.4 Å². The number of hydrogen-bond donors (Lipinski definition) is 3. The van der Waals surface area contributed by atoms with Crippen LogP contribution in [0.25, 0.3) is 0 Å². The minimum atomic E-state index is -0.374. The topological polar surface area (TPSA) is 101 Å². The molecule has 3 amide bonds. The van der Waals surface area contributed by atoms with E-state index in [4.69, 9.17) is 5.73 Å². The highest BCUT2D eigenvalue weighted by molar-refractivity contribution is 9.10. The van der Waals surface area contributed by atoms with E-state index in [-0.39, 0.29) is 53.2 Å². The molecule has 2 saturated carbocycles. The first-order valence-electron chi connectivity index (χ1n) is 9.73. The predicted octanol–water partition coefficient (Wildman–Crippen LogP) is 2.60. The number of anilines is 1. The van der Waals surface area contributed by atoms with Crippen molar-refractivity contribution in [3.05, 3.63) is 40.9 Å². The molecule has 4 atom stereocenters. The molecule has 3 aliphatic rings. The first-order chi connectivity index (χ1) is 13.4. The van der Waals surface area contributed by atoms with Gasteiger partial charge in [0.15, 0.2) is 0 Å². The molecule has 1 aromatic rings. The van der Waals surface area contributed by atoms with Crippen LogP contribution in [0.3, 0.4) is 0 Å². The summed E-state index contributed by atoms with van der Waals surface area (Å²) in [6.45, 7) is 0.396. The van der Waals surface area contributed by atoms with Crippen molar-refractivity contribution in [1.82, 2.24) is 5.32 Å². The molecule has 7 heteroatoms. The van der Waals surface area contributed by atoms with Gasteiger partial charge in [-0.25, -0.2) is 0 Å². The van der Waals surface area contributed by atoms with Crippen molar-refractivity contribution in [1.29, 1.82) is 0 Å². The Morgan fingerprint density at radius 1 is 1.04 bits per heavy atom. The van der Waals surface area contributed by atoms with E-state index in [1.165, 1.54) is 0 Å². The number of carbonyl (C=O) groups is 3. The number of nitrogens with one attached hydrogen (secondary N) is 2. The molecule has 1 aromatic carbocycles. The van der Waals surface area contributed by atoms with Crippen LogP contribution in [0, 0.1) is 29.1 Å². The van der Waals surface area contributed by atoms with Crippen LogP contribution in [0.15, 0.2) is 40.9 Å². The molecule has 2 unspecified atom stereocenters. The number of benzene rings is 1. The van der Waals surface area contributed by atoms with E-state index < -0.39 is 0 Å². The SMILES string of the molecule is NC(=O)CCCNC(=O)[C@@H]1C2C=CC([C@H]1C(=O)Nc1ccc(Br)cc1)C21CC1. The van der Waals surface area contributed by atoms with Gasteiger partial charge >= 0.3 is 0 Å². The Morgan fingerprint density at radius 2 is 1.64 bits per heavy atom. The lowest BCUT2D eigenvalue weighted by Crippen LogP contribution is -2.42. The number of carbonyl (C=O) groups excluding carboxylic acids is 3. The normalized spacial score (nSPS) is 28.3. The Balaban J connectivity index is 1.48. The highest BCUT2D eigenvalue weighted by Gasteiger charge is 2.69. The number of primary amides is 1. The van der Waals surface area contributed by atoms with E-state index in [0.29, 0.717) is 13.0 Å². The zero-order valence-corrected chi connectivity index (χ0v) is 17.1. The molecule has 0 aliphatic heterocycles. The summed E-state index contributed by atoms with van der Waals surface area (Å²) in [6, 6.07) is 7.44. The van der Waals surface area contributed by atoms with Gasteiger partial charge in [0.05, 0.1) is 11.8 Å². The summed E-state index contributed by atoms with van der Waals surface area (Å²) < 4.78 is 0.943. The Bertz CT molecular complexity index is 832. The summed E-state index contributed by atoms with van der Waals surface area (Å²) in [5, 5.41) is 5.91.